The molecular weight excluding hydrogens is 270 g/mol. The molecule has 0 aliphatic carbocycles. The zero-order chi connectivity index (χ0) is 14.5. The maximum Gasteiger partial charge on any atom is 0.265 e. The number of rotatable bonds is 5. The molecule has 1 heterocycles. The van der Waals surface area contributed by atoms with Crippen LogP contribution >= 0.6 is 0 Å². The Morgan fingerprint density at radius 2 is 2.15 bits per heavy atom. The van der Waals surface area contributed by atoms with Gasteiger partial charge in [0.1, 0.15) is 6.10 Å². The quantitative estimate of drug-likeness (QED) is 0.844. The van der Waals surface area contributed by atoms with Crippen molar-refractivity contribution in [1.29, 1.82) is 0 Å². The number of benzene rings is 1. The van der Waals surface area contributed by atoms with Crippen molar-refractivity contribution >= 4 is 11.6 Å². The van der Waals surface area contributed by atoms with Gasteiger partial charge in [-0.15, -0.1) is 0 Å². The van der Waals surface area contributed by atoms with Gasteiger partial charge in [0.05, 0.1) is 5.71 Å². The van der Waals surface area contributed by atoms with Crippen molar-refractivity contribution in [2.24, 2.45) is 5.16 Å². The van der Waals surface area contributed by atoms with Crippen LogP contribution in [0.25, 0.3) is 0 Å². The minimum absolute atomic E-state index is 0.265. The number of aliphatic hydroxyl groups excluding tert-OH is 1. The third-order valence-corrected chi connectivity index (χ3v) is 2.84. The fraction of sp³-hybridized carbons (Fsp3) is 0.385. The van der Waals surface area contributed by atoms with E-state index in [0.717, 1.165) is 5.56 Å². The average Bonchev–Trinajstić information content (AvgIpc) is 2.95. The normalized spacial score (nSPS) is 19.4. The molecule has 0 bridgehead atoms. The van der Waals surface area contributed by atoms with Crippen LogP contribution in [0, 0.1) is 0 Å². The van der Waals surface area contributed by atoms with Crippen molar-refractivity contribution in [3.05, 3.63) is 35.9 Å². The molecule has 2 rings (SSSR count). The summed E-state index contributed by atoms with van der Waals surface area (Å²) in [6, 6.07) is 9.20. The fourth-order valence-corrected chi connectivity index (χ4v) is 1.73. The molecular formula is C13H14F2N2O3. The Balaban J connectivity index is 1.84. The van der Waals surface area contributed by atoms with E-state index in [-0.39, 0.29) is 6.42 Å². The van der Waals surface area contributed by atoms with Crippen LogP contribution in [-0.4, -0.2) is 41.9 Å². The molecule has 1 aromatic rings. The summed E-state index contributed by atoms with van der Waals surface area (Å²) in [5, 5.41) is 14.9. The van der Waals surface area contributed by atoms with E-state index in [1.54, 1.807) is 0 Å². The molecule has 0 spiro atoms. The van der Waals surface area contributed by atoms with Gasteiger partial charge in [-0.25, -0.2) is 8.78 Å². The van der Waals surface area contributed by atoms with Crippen LogP contribution in [-0.2, 0) is 9.63 Å². The summed E-state index contributed by atoms with van der Waals surface area (Å²) in [5.41, 5.74) is 1.47. The lowest BCUT2D eigenvalue weighted by atomic mass is 10.0. The van der Waals surface area contributed by atoms with Gasteiger partial charge in [0.2, 0.25) is 6.10 Å². The molecule has 1 amide bonds. The molecule has 0 aromatic heterocycles. The van der Waals surface area contributed by atoms with E-state index in [9.17, 15) is 13.6 Å². The van der Waals surface area contributed by atoms with E-state index < -0.39 is 31.1 Å². The Bertz CT molecular complexity index is 494. The molecule has 1 aromatic carbocycles. The van der Waals surface area contributed by atoms with Crippen LogP contribution in [0.3, 0.4) is 0 Å². The molecule has 2 N–H and O–H groups in total. The summed E-state index contributed by atoms with van der Waals surface area (Å²) in [7, 11) is 0. The van der Waals surface area contributed by atoms with Gasteiger partial charge >= 0.3 is 0 Å². The van der Waals surface area contributed by atoms with Crippen molar-refractivity contribution in [2.75, 3.05) is 6.54 Å². The van der Waals surface area contributed by atoms with Crippen molar-refractivity contribution in [2.45, 2.75) is 25.1 Å². The number of hydrogen-bond acceptors (Lipinski definition) is 4. The summed E-state index contributed by atoms with van der Waals surface area (Å²) in [5.74, 6) is -0.570. The van der Waals surface area contributed by atoms with Gasteiger partial charge in [-0.3, -0.25) is 4.79 Å². The lowest BCUT2D eigenvalue weighted by Gasteiger charge is -2.12. The van der Waals surface area contributed by atoms with Crippen LogP contribution in [0.1, 0.15) is 12.0 Å². The summed E-state index contributed by atoms with van der Waals surface area (Å²) in [6.45, 7) is -0.517. The molecule has 2 atom stereocenters. The van der Waals surface area contributed by atoms with Gasteiger partial charge in [-0.05, 0) is 5.56 Å². The predicted octanol–water partition coefficient (Wildman–Crippen LogP) is 0.922. The number of hydrogen-bond donors (Lipinski definition) is 2. The van der Waals surface area contributed by atoms with Crippen LogP contribution in [0.5, 0.6) is 0 Å². The molecule has 5 nitrogen and oxygen atoms in total. The summed E-state index contributed by atoms with van der Waals surface area (Å²) in [4.78, 5) is 16.7. The van der Waals surface area contributed by atoms with Crippen LogP contribution in [0.15, 0.2) is 35.5 Å². The summed E-state index contributed by atoms with van der Waals surface area (Å²) >= 11 is 0. The highest BCUT2D eigenvalue weighted by molar-refractivity contribution is 6.04. The van der Waals surface area contributed by atoms with Crippen LogP contribution in [0.2, 0.25) is 0 Å². The van der Waals surface area contributed by atoms with Gasteiger partial charge in [0, 0.05) is 13.0 Å². The number of aliphatic hydroxyl groups is 1. The number of alkyl halides is 2. The number of carbonyl (C=O) groups excluding carboxylic acids is 1. The molecule has 108 valence electrons. The standard InChI is InChI=1S/C13H14F2N2O3/c14-12(15)10(18)7-16-13(19)11-6-9(17-20-11)8-4-2-1-3-5-8/h1-5,10-12,18H,6-7H2,(H,16,19). The highest BCUT2D eigenvalue weighted by atomic mass is 19.3. The third-order valence-electron chi connectivity index (χ3n) is 2.84. The topological polar surface area (TPSA) is 70.9 Å². The lowest BCUT2D eigenvalue weighted by Crippen LogP contribution is -2.41. The van der Waals surface area contributed by atoms with E-state index in [1.807, 2.05) is 30.3 Å². The SMILES string of the molecule is O=C(NCC(O)C(F)F)C1CC(c2ccccc2)=NO1. The first-order chi connectivity index (χ1) is 9.58. The zero-order valence-corrected chi connectivity index (χ0v) is 10.5. The summed E-state index contributed by atoms with van der Waals surface area (Å²) < 4.78 is 24.2. The lowest BCUT2D eigenvalue weighted by molar-refractivity contribution is -0.132. The molecule has 2 unspecified atom stereocenters. The Morgan fingerprint density at radius 3 is 2.80 bits per heavy atom. The number of nitrogens with one attached hydrogen (secondary N) is 1. The maximum atomic E-state index is 12.1. The predicted molar refractivity (Wildman–Crippen MR) is 67.5 cm³/mol. The van der Waals surface area contributed by atoms with E-state index in [2.05, 4.69) is 10.5 Å². The van der Waals surface area contributed by atoms with Gasteiger partial charge in [-0.1, -0.05) is 35.5 Å². The average molecular weight is 284 g/mol. The van der Waals surface area contributed by atoms with Crippen molar-refractivity contribution in [1.82, 2.24) is 5.32 Å². The van der Waals surface area contributed by atoms with Gasteiger partial charge in [0.25, 0.3) is 12.3 Å². The minimum atomic E-state index is -2.89. The van der Waals surface area contributed by atoms with E-state index in [4.69, 9.17) is 9.94 Å². The molecule has 1 aliphatic rings. The molecule has 0 fully saturated rings. The smallest absolute Gasteiger partial charge is 0.265 e. The van der Waals surface area contributed by atoms with Gasteiger partial charge in [0.15, 0.2) is 0 Å². The van der Waals surface area contributed by atoms with E-state index in [0.29, 0.717) is 5.71 Å². The number of oxime groups is 1. The van der Waals surface area contributed by atoms with Gasteiger partial charge in [-0.2, -0.15) is 0 Å². The monoisotopic (exact) mass is 284 g/mol. The van der Waals surface area contributed by atoms with E-state index >= 15 is 0 Å². The van der Waals surface area contributed by atoms with Crippen LogP contribution < -0.4 is 5.32 Å². The van der Waals surface area contributed by atoms with Gasteiger partial charge < -0.3 is 15.3 Å². The number of halogens is 2. The Morgan fingerprint density at radius 1 is 1.45 bits per heavy atom. The highest BCUT2D eigenvalue weighted by Gasteiger charge is 2.29. The molecule has 0 radical (unpaired) electrons. The number of carbonyl (C=O) groups is 1. The first kappa shape index (κ1) is 14.4. The zero-order valence-electron chi connectivity index (χ0n) is 10.5. The van der Waals surface area contributed by atoms with Crippen molar-refractivity contribution < 1.29 is 23.5 Å². The molecule has 0 saturated carbocycles. The second-order valence-corrected chi connectivity index (χ2v) is 4.35. The second kappa shape index (κ2) is 6.42. The second-order valence-electron chi connectivity index (χ2n) is 4.35. The van der Waals surface area contributed by atoms with Crippen molar-refractivity contribution in [3.63, 3.8) is 0 Å². The van der Waals surface area contributed by atoms with Crippen molar-refractivity contribution in [3.8, 4) is 0 Å². The molecule has 1 aliphatic heterocycles. The third kappa shape index (κ3) is 3.51. The van der Waals surface area contributed by atoms with E-state index in [1.165, 1.54) is 0 Å². The Hall–Kier alpha value is -2.02. The fourth-order valence-electron chi connectivity index (χ4n) is 1.73. The first-order valence-electron chi connectivity index (χ1n) is 6.10. The first-order valence-corrected chi connectivity index (χ1v) is 6.10. The molecule has 0 saturated heterocycles. The number of nitrogens with zero attached hydrogens (tertiary/aromatic N) is 1. The Labute approximate surface area is 114 Å². The Kier molecular flexibility index (Phi) is 4.62. The summed E-state index contributed by atoms with van der Waals surface area (Å²) in [6.07, 6.45) is -5.36. The van der Waals surface area contributed by atoms with Crippen LogP contribution in [0.4, 0.5) is 8.78 Å². The molecule has 20 heavy (non-hydrogen) atoms. The maximum absolute atomic E-state index is 12.1. The molecule has 7 heteroatoms. The number of amides is 1. The minimum Gasteiger partial charge on any atom is -0.385 e. The highest BCUT2D eigenvalue weighted by Crippen LogP contribution is 2.16. The largest absolute Gasteiger partial charge is 0.385 e.